The van der Waals surface area contributed by atoms with Crippen LogP contribution in [-0.2, 0) is 9.53 Å². The first-order valence-corrected chi connectivity index (χ1v) is 12.4. The predicted octanol–water partition coefficient (Wildman–Crippen LogP) is 2.99. The molecule has 2 aromatic carbocycles. The van der Waals surface area contributed by atoms with Crippen molar-refractivity contribution in [3.05, 3.63) is 77.9 Å². The molecule has 1 unspecified atom stereocenters. The van der Waals surface area contributed by atoms with E-state index in [9.17, 15) is 15.0 Å². The average molecular weight is 486 g/mol. The van der Waals surface area contributed by atoms with Crippen molar-refractivity contribution in [1.82, 2.24) is 14.9 Å². The molecule has 36 heavy (non-hydrogen) atoms. The van der Waals surface area contributed by atoms with Gasteiger partial charge in [0.25, 0.3) is 0 Å². The maximum absolute atomic E-state index is 11.7. The van der Waals surface area contributed by atoms with Crippen LogP contribution in [-0.4, -0.2) is 57.5 Å². The maximum Gasteiger partial charge on any atom is 0.177 e. The third kappa shape index (κ3) is 5.28. The number of ether oxygens (including phenoxy) is 1. The van der Waals surface area contributed by atoms with Gasteiger partial charge in [-0.05, 0) is 54.5 Å². The standard InChI is InChI=1S/C29H31N3O4/c1-19(34)29-30-12-13-32(29)26(16-33)11-4-20-2-5-21(6-3-20)22-7-9-23(10-8-22)24-14-25(15-24)31-27-17-36-18-28(27)35/h2-3,5-10,12-13,19,24-27,31,33-34H,14-18H2,1H3/t19?,24?,25?,26-,27-/m0/s1. The van der Waals surface area contributed by atoms with Gasteiger partial charge in [-0.1, -0.05) is 48.2 Å². The Morgan fingerprint density at radius 1 is 1.14 bits per heavy atom. The van der Waals surface area contributed by atoms with Crippen molar-refractivity contribution in [2.75, 3.05) is 19.8 Å². The first kappa shape index (κ1) is 24.4. The first-order valence-electron chi connectivity index (χ1n) is 12.4. The molecular weight excluding hydrogens is 454 g/mol. The summed E-state index contributed by atoms with van der Waals surface area (Å²) < 4.78 is 6.93. The van der Waals surface area contributed by atoms with Gasteiger partial charge in [0.2, 0.25) is 0 Å². The molecule has 7 nitrogen and oxygen atoms in total. The Morgan fingerprint density at radius 3 is 2.44 bits per heavy atom. The van der Waals surface area contributed by atoms with Crippen LogP contribution in [0.3, 0.4) is 0 Å². The second-order valence-electron chi connectivity index (χ2n) is 9.60. The molecule has 0 amide bonds. The number of hydrogen-bond acceptors (Lipinski definition) is 6. The lowest BCUT2D eigenvalue weighted by molar-refractivity contribution is -0.119. The Labute approximate surface area is 211 Å². The van der Waals surface area contributed by atoms with Crippen LogP contribution in [0.2, 0.25) is 0 Å². The molecule has 5 rings (SSSR count). The van der Waals surface area contributed by atoms with Gasteiger partial charge in [-0.25, -0.2) is 4.98 Å². The number of hydrogen-bond donors (Lipinski definition) is 3. The number of ketones is 1. The summed E-state index contributed by atoms with van der Waals surface area (Å²) in [6.07, 6.45) is 4.67. The summed E-state index contributed by atoms with van der Waals surface area (Å²) in [4.78, 5) is 15.9. The summed E-state index contributed by atoms with van der Waals surface area (Å²) in [6, 6.07) is 16.5. The van der Waals surface area contributed by atoms with Crippen molar-refractivity contribution in [2.24, 2.45) is 0 Å². The Bertz CT molecular complexity index is 1250. The number of aromatic nitrogens is 2. The molecule has 2 fully saturated rings. The van der Waals surface area contributed by atoms with Crippen LogP contribution in [0.4, 0.5) is 0 Å². The lowest BCUT2D eigenvalue weighted by atomic mass is 9.75. The van der Waals surface area contributed by atoms with Crippen LogP contribution in [0.15, 0.2) is 60.9 Å². The molecule has 186 valence electrons. The number of aliphatic hydroxyl groups is 2. The second kappa shape index (κ2) is 10.8. The van der Waals surface area contributed by atoms with Crippen molar-refractivity contribution in [3.8, 4) is 23.0 Å². The molecule has 1 aliphatic heterocycles. The van der Waals surface area contributed by atoms with E-state index in [1.807, 2.05) is 12.1 Å². The van der Waals surface area contributed by atoms with Gasteiger partial charge >= 0.3 is 0 Å². The molecule has 3 N–H and O–H groups in total. The monoisotopic (exact) mass is 485 g/mol. The number of Topliss-reactive ketones (excluding diaryl/α,β-unsaturated/α-hetero) is 1. The summed E-state index contributed by atoms with van der Waals surface area (Å²) in [5, 5.41) is 23.1. The zero-order chi connectivity index (χ0) is 25.1. The molecule has 1 saturated carbocycles. The van der Waals surface area contributed by atoms with Gasteiger partial charge in [0.1, 0.15) is 24.6 Å². The average Bonchev–Trinajstić information content (AvgIpc) is 3.51. The summed E-state index contributed by atoms with van der Waals surface area (Å²) in [7, 11) is 0. The summed E-state index contributed by atoms with van der Waals surface area (Å²) in [5.41, 5.74) is 4.45. The van der Waals surface area contributed by atoms with Gasteiger partial charge in [0, 0.05) is 24.0 Å². The third-order valence-electron chi connectivity index (χ3n) is 7.06. The van der Waals surface area contributed by atoms with E-state index in [0.717, 1.165) is 29.5 Å². The number of nitrogens with one attached hydrogen (secondary N) is 1. The maximum atomic E-state index is 11.7. The summed E-state index contributed by atoms with van der Waals surface area (Å²) in [6.45, 7) is 2.21. The number of nitrogens with zero attached hydrogens (tertiary/aromatic N) is 2. The molecular formula is C29H31N3O4. The molecule has 2 aliphatic rings. The van der Waals surface area contributed by atoms with E-state index in [4.69, 9.17) is 4.74 Å². The first-order chi connectivity index (χ1) is 17.5. The minimum Gasteiger partial charge on any atom is -0.393 e. The van der Waals surface area contributed by atoms with E-state index in [1.54, 1.807) is 23.9 Å². The van der Waals surface area contributed by atoms with Crippen LogP contribution in [0.5, 0.6) is 0 Å². The molecule has 1 saturated heterocycles. The summed E-state index contributed by atoms with van der Waals surface area (Å²) >= 11 is 0. The SMILES string of the molecule is CC(O)c1nccn1[C@@H](C#Cc1ccc(-c2ccc(C3CC(N[C@H]4COCC4=O)C3)cc2)cc1)CO. The number of carbonyl (C=O) groups excluding carboxylic acids is 1. The van der Waals surface area contributed by atoms with Crippen molar-refractivity contribution in [2.45, 2.75) is 49.9 Å². The highest BCUT2D eigenvalue weighted by atomic mass is 16.5. The van der Waals surface area contributed by atoms with E-state index >= 15 is 0 Å². The summed E-state index contributed by atoms with van der Waals surface area (Å²) in [5.74, 6) is 7.38. The van der Waals surface area contributed by atoms with Gasteiger partial charge in [-0.2, -0.15) is 0 Å². The fourth-order valence-electron chi connectivity index (χ4n) is 4.90. The fourth-order valence-corrected chi connectivity index (χ4v) is 4.90. The number of benzene rings is 2. The van der Waals surface area contributed by atoms with E-state index in [1.165, 1.54) is 5.56 Å². The fraction of sp³-hybridized carbons (Fsp3) is 0.379. The van der Waals surface area contributed by atoms with E-state index in [2.05, 4.69) is 58.5 Å². The van der Waals surface area contributed by atoms with E-state index < -0.39 is 12.1 Å². The molecule has 3 atom stereocenters. The van der Waals surface area contributed by atoms with Gasteiger partial charge in [-0.15, -0.1) is 0 Å². The third-order valence-corrected chi connectivity index (χ3v) is 7.06. The van der Waals surface area contributed by atoms with E-state index in [-0.39, 0.29) is 25.0 Å². The Kier molecular flexibility index (Phi) is 7.30. The minimum absolute atomic E-state index is 0.131. The molecule has 3 aromatic rings. The topological polar surface area (TPSA) is 96.6 Å². The van der Waals surface area contributed by atoms with Crippen molar-refractivity contribution < 1.29 is 19.7 Å². The zero-order valence-corrected chi connectivity index (χ0v) is 20.3. The number of carbonyl (C=O) groups is 1. The highest BCUT2D eigenvalue weighted by Crippen LogP contribution is 2.38. The largest absolute Gasteiger partial charge is 0.393 e. The van der Waals surface area contributed by atoms with Crippen molar-refractivity contribution in [1.29, 1.82) is 0 Å². The van der Waals surface area contributed by atoms with Crippen molar-refractivity contribution in [3.63, 3.8) is 0 Å². The Morgan fingerprint density at radius 2 is 1.83 bits per heavy atom. The lowest BCUT2D eigenvalue weighted by Crippen LogP contribution is -2.48. The second-order valence-corrected chi connectivity index (χ2v) is 9.60. The molecule has 2 heterocycles. The van der Waals surface area contributed by atoms with Crippen LogP contribution in [0, 0.1) is 11.8 Å². The predicted molar refractivity (Wildman–Crippen MR) is 136 cm³/mol. The van der Waals surface area contributed by atoms with Crippen LogP contribution in [0.25, 0.3) is 11.1 Å². The molecule has 0 bridgehead atoms. The van der Waals surface area contributed by atoms with Crippen molar-refractivity contribution >= 4 is 5.78 Å². The Hall–Kier alpha value is -3.28. The quantitative estimate of drug-likeness (QED) is 0.446. The molecule has 1 aliphatic carbocycles. The highest BCUT2D eigenvalue weighted by molar-refractivity contribution is 5.86. The van der Waals surface area contributed by atoms with Crippen LogP contribution < -0.4 is 5.32 Å². The molecule has 0 radical (unpaired) electrons. The zero-order valence-electron chi connectivity index (χ0n) is 20.3. The highest BCUT2D eigenvalue weighted by Gasteiger charge is 2.35. The molecule has 7 heteroatoms. The van der Waals surface area contributed by atoms with E-state index in [0.29, 0.717) is 24.4 Å². The number of rotatable bonds is 7. The Balaban J connectivity index is 1.19. The normalized spacial score (nSPS) is 23.0. The molecule has 0 spiro atoms. The van der Waals surface area contributed by atoms with Gasteiger partial charge in [0.15, 0.2) is 5.78 Å². The minimum atomic E-state index is -0.735. The van der Waals surface area contributed by atoms with Crippen LogP contribution in [0.1, 0.15) is 54.8 Å². The van der Waals surface area contributed by atoms with Gasteiger partial charge in [-0.3, -0.25) is 4.79 Å². The lowest BCUT2D eigenvalue weighted by Gasteiger charge is -2.37. The van der Waals surface area contributed by atoms with Gasteiger partial charge < -0.3 is 24.8 Å². The van der Waals surface area contributed by atoms with Gasteiger partial charge in [0.05, 0.1) is 19.3 Å². The molecule has 1 aromatic heterocycles. The number of imidazole rings is 1. The smallest absolute Gasteiger partial charge is 0.177 e. The number of aliphatic hydroxyl groups excluding tert-OH is 2. The van der Waals surface area contributed by atoms with Crippen LogP contribution >= 0.6 is 0 Å².